The van der Waals surface area contributed by atoms with E-state index in [0.717, 1.165) is 24.6 Å². The number of carbonyl (C=O) groups is 2. The van der Waals surface area contributed by atoms with Gasteiger partial charge in [0.05, 0.1) is 7.11 Å². The molecule has 0 unspecified atom stereocenters. The van der Waals surface area contributed by atoms with Crippen LogP contribution in [0.4, 0.5) is 0 Å². The van der Waals surface area contributed by atoms with Gasteiger partial charge in [-0.05, 0) is 12.1 Å². The van der Waals surface area contributed by atoms with Crippen LogP contribution < -0.4 is 14.8 Å². The first-order valence-electron chi connectivity index (χ1n) is 5.50. The van der Waals surface area contributed by atoms with E-state index < -0.39 is 11.9 Å². The Morgan fingerprint density at radius 3 is 2.21 bits per heavy atom. The van der Waals surface area contributed by atoms with E-state index in [4.69, 9.17) is 29.3 Å². The van der Waals surface area contributed by atoms with Crippen LogP contribution in [0, 0.1) is 0 Å². The highest BCUT2D eigenvalue weighted by Gasteiger charge is 2.18. The lowest BCUT2D eigenvalue weighted by Gasteiger charge is -2.27. The van der Waals surface area contributed by atoms with E-state index in [1.807, 2.05) is 24.3 Å². The highest BCUT2D eigenvalue weighted by Crippen LogP contribution is 2.20. The number of methoxy groups -OCH3 is 1. The quantitative estimate of drug-likeness (QED) is 0.673. The zero-order chi connectivity index (χ0) is 14.3. The van der Waals surface area contributed by atoms with E-state index in [1.165, 1.54) is 0 Å². The zero-order valence-corrected chi connectivity index (χ0v) is 10.3. The van der Waals surface area contributed by atoms with Gasteiger partial charge >= 0.3 is 11.9 Å². The molecule has 19 heavy (non-hydrogen) atoms. The van der Waals surface area contributed by atoms with Gasteiger partial charge in [0.2, 0.25) is 0 Å². The molecule has 1 heterocycles. The normalized spacial score (nSPS) is 13.5. The second-order valence-corrected chi connectivity index (χ2v) is 3.69. The Morgan fingerprint density at radius 2 is 1.79 bits per heavy atom. The van der Waals surface area contributed by atoms with Crippen molar-refractivity contribution in [3.63, 3.8) is 0 Å². The maximum atomic E-state index is 9.10. The van der Waals surface area contributed by atoms with Gasteiger partial charge in [-0.15, -0.1) is 0 Å². The molecule has 1 aliphatic rings. The van der Waals surface area contributed by atoms with Crippen molar-refractivity contribution in [3.05, 3.63) is 24.3 Å². The van der Waals surface area contributed by atoms with Crippen molar-refractivity contribution in [1.29, 1.82) is 0 Å². The third kappa shape index (κ3) is 5.26. The zero-order valence-electron chi connectivity index (χ0n) is 10.3. The van der Waals surface area contributed by atoms with Crippen LogP contribution in [0.25, 0.3) is 0 Å². The Morgan fingerprint density at radius 1 is 1.21 bits per heavy atom. The molecule has 0 bridgehead atoms. The van der Waals surface area contributed by atoms with E-state index in [9.17, 15) is 0 Å². The molecule has 3 N–H and O–H groups in total. The second kappa shape index (κ2) is 7.22. The summed E-state index contributed by atoms with van der Waals surface area (Å²) in [5, 5.41) is 17.9. The lowest BCUT2D eigenvalue weighted by molar-refractivity contribution is -0.159. The summed E-state index contributed by atoms with van der Waals surface area (Å²) in [7, 11) is 1.66. The molecule has 1 aromatic rings. The van der Waals surface area contributed by atoms with Crippen LogP contribution >= 0.6 is 0 Å². The number of carboxylic acid groups (broad SMARTS) is 2. The molecule has 0 aromatic heterocycles. The maximum absolute atomic E-state index is 9.10. The third-order valence-electron chi connectivity index (χ3n) is 2.27. The van der Waals surface area contributed by atoms with Crippen LogP contribution in [0.15, 0.2) is 24.3 Å². The Labute approximate surface area is 109 Å². The molecule has 7 nitrogen and oxygen atoms in total. The second-order valence-electron chi connectivity index (χ2n) is 3.69. The summed E-state index contributed by atoms with van der Waals surface area (Å²) in [6.45, 7) is 1.88. The molecule has 0 amide bonds. The van der Waals surface area contributed by atoms with Gasteiger partial charge in [-0.3, -0.25) is 0 Å². The summed E-state index contributed by atoms with van der Waals surface area (Å²) in [5.41, 5.74) is 0. The first-order chi connectivity index (χ1) is 9.02. The molecule has 0 atom stereocenters. The van der Waals surface area contributed by atoms with Crippen molar-refractivity contribution in [3.8, 4) is 11.5 Å². The number of aliphatic carboxylic acids is 2. The summed E-state index contributed by atoms with van der Waals surface area (Å²) in [4.78, 5) is 18.2. The average molecular weight is 269 g/mol. The largest absolute Gasteiger partial charge is 0.497 e. The average Bonchev–Trinajstić information content (AvgIpc) is 2.35. The predicted octanol–water partition coefficient (Wildman–Crippen LogP) is 0.201. The topological polar surface area (TPSA) is 105 Å². The molecule has 1 aromatic carbocycles. The molecule has 0 radical (unpaired) electrons. The van der Waals surface area contributed by atoms with Gasteiger partial charge in [0.1, 0.15) is 17.6 Å². The fraction of sp³-hybridized carbons (Fsp3) is 0.333. The summed E-state index contributed by atoms with van der Waals surface area (Å²) in [6.07, 6.45) is 0.326. The highest BCUT2D eigenvalue weighted by atomic mass is 16.5. The van der Waals surface area contributed by atoms with E-state index in [-0.39, 0.29) is 0 Å². The number of rotatable bonds is 3. The summed E-state index contributed by atoms with van der Waals surface area (Å²) in [5.74, 6) is -1.93. The molecule has 104 valence electrons. The van der Waals surface area contributed by atoms with Crippen LogP contribution in [0.3, 0.4) is 0 Å². The van der Waals surface area contributed by atoms with Gasteiger partial charge < -0.3 is 25.0 Å². The summed E-state index contributed by atoms with van der Waals surface area (Å²) < 4.78 is 10.7. The predicted molar refractivity (Wildman–Crippen MR) is 65.6 cm³/mol. The minimum atomic E-state index is -1.82. The Hall–Kier alpha value is -2.28. The highest BCUT2D eigenvalue weighted by molar-refractivity contribution is 6.27. The van der Waals surface area contributed by atoms with Gasteiger partial charge in [0, 0.05) is 19.2 Å². The first kappa shape index (κ1) is 14.8. The van der Waals surface area contributed by atoms with E-state index in [0.29, 0.717) is 6.10 Å². The lowest BCUT2D eigenvalue weighted by Crippen LogP contribution is -2.50. The van der Waals surface area contributed by atoms with Gasteiger partial charge in [0.25, 0.3) is 0 Å². The molecule has 1 aliphatic heterocycles. The molecule has 2 rings (SSSR count). The molecular weight excluding hydrogens is 254 g/mol. The minimum Gasteiger partial charge on any atom is -0.497 e. The number of hydrogen-bond acceptors (Lipinski definition) is 5. The molecule has 7 heteroatoms. The van der Waals surface area contributed by atoms with Crippen LogP contribution in [-0.4, -0.2) is 48.5 Å². The van der Waals surface area contributed by atoms with E-state index >= 15 is 0 Å². The summed E-state index contributed by atoms with van der Waals surface area (Å²) >= 11 is 0. The first-order valence-corrected chi connectivity index (χ1v) is 5.50. The van der Waals surface area contributed by atoms with Gasteiger partial charge in [-0.25, -0.2) is 9.59 Å². The molecule has 0 aliphatic carbocycles. The van der Waals surface area contributed by atoms with Crippen molar-refractivity contribution in [2.45, 2.75) is 6.10 Å². The lowest BCUT2D eigenvalue weighted by atomic mass is 10.2. The smallest absolute Gasteiger partial charge is 0.414 e. The summed E-state index contributed by atoms with van der Waals surface area (Å²) in [6, 6.07) is 7.69. The number of ether oxygens (including phenoxy) is 2. The number of carboxylic acids is 2. The molecule has 0 saturated carbocycles. The van der Waals surface area contributed by atoms with Crippen LogP contribution in [-0.2, 0) is 9.59 Å². The van der Waals surface area contributed by atoms with Crippen molar-refractivity contribution in [2.75, 3.05) is 20.2 Å². The van der Waals surface area contributed by atoms with Crippen LogP contribution in [0.5, 0.6) is 11.5 Å². The van der Waals surface area contributed by atoms with E-state index in [2.05, 4.69) is 5.32 Å². The Bertz CT molecular complexity index is 432. The SMILES string of the molecule is COc1cccc(OC2CNC2)c1.O=C(O)C(=O)O. The van der Waals surface area contributed by atoms with Crippen molar-refractivity contribution >= 4 is 11.9 Å². The van der Waals surface area contributed by atoms with Crippen LogP contribution in [0.1, 0.15) is 0 Å². The van der Waals surface area contributed by atoms with Crippen molar-refractivity contribution in [2.24, 2.45) is 0 Å². The number of hydrogen-bond donors (Lipinski definition) is 3. The van der Waals surface area contributed by atoms with Crippen LogP contribution in [0.2, 0.25) is 0 Å². The number of nitrogens with one attached hydrogen (secondary N) is 1. The van der Waals surface area contributed by atoms with Gasteiger partial charge in [0.15, 0.2) is 0 Å². The maximum Gasteiger partial charge on any atom is 0.414 e. The number of benzene rings is 1. The Balaban J connectivity index is 0.000000258. The fourth-order valence-corrected chi connectivity index (χ4v) is 1.21. The molecule has 1 fully saturated rings. The van der Waals surface area contributed by atoms with Crippen molar-refractivity contribution in [1.82, 2.24) is 5.32 Å². The van der Waals surface area contributed by atoms with E-state index in [1.54, 1.807) is 7.11 Å². The minimum absolute atomic E-state index is 0.326. The third-order valence-corrected chi connectivity index (χ3v) is 2.27. The van der Waals surface area contributed by atoms with Gasteiger partial charge in [-0.1, -0.05) is 6.07 Å². The molecule has 1 saturated heterocycles. The fourth-order valence-electron chi connectivity index (χ4n) is 1.21. The monoisotopic (exact) mass is 269 g/mol. The Kier molecular flexibility index (Phi) is 5.62. The molecule has 0 spiro atoms. The van der Waals surface area contributed by atoms with Crippen molar-refractivity contribution < 1.29 is 29.3 Å². The van der Waals surface area contributed by atoms with Gasteiger partial charge in [-0.2, -0.15) is 0 Å². The standard InChI is InChI=1S/C10H13NO2.C2H2O4/c1-12-8-3-2-4-9(5-8)13-10-6-11-7-10;3-1(4)2(5)6/h2-5,10-11H,6-7H2,1H3;(H,3,4)(H,5,6). The molecular formula is C12H15NO6.